The van der Waals surface area contributed by atoms with E-state index < -0.39 is 6.10 Å². The third kappa shape index (κ3) is 2.85. The van der Waals surface area contributed by atoms with Gasteiger partial charge in [0.25, 0.3) is 0 Å². The fourth-order valence-electron chi connectivity index (χ4n) is 2.38. The van der Waals surface area contributed by atoms with Crippen LogP contribution in [0, 0.1) is 0 Å². The zero-order valence-corrected chi connectivity index (χ0v) is 12.3. The van der Waals surface area contributed by atoms with Crippen molar-refractivity contribution < 1.29 is 5.11 Å². The molecule has 6 heteroatoms. The predicted octanol–water partition coefficient (Wildman–Crippen LogP) is 1.84. The molecule has 0 amide bonds. The predicted molar refractivity (Wildman–Crippen MR) is 78.1 cm³/mol. The van der Waals surface area contributed by atoms with Crippen molar-refractivity contribution in [2.75, 3.05) is 5.73 Å². The number of nitrogen functional groups attached to an aromatic ring is 1. The number of aliphatic hydroxyl groups excluding tert-OH is 1. The summed E-state index contributed by atoms with van der Waals surface area (Å²) in [6, 6.07) is 2.37. The number of aryl methyl sites for hydroxylation is 1. The first kappa shape index (κ1) is 14.6. The van der Waals surface area contributed by atoms with Crippen LogP contribution in [0.5, 0.6) is 0 Å². The summed E-state index contributed by atoms with van der Waals surface area (Å²) >= 11 is 0. The van der Waals surface area contributed by atoms with Crippen LogP contribution in [0.1, 0.15) is 50.1 Å². The quantitative estimate of drug-likeness (QED) is 0.844. The van der Waals surface area contributed by atoms with Crippen molar-refractivity contribution in [2.45, 2.75) is 45.3 Å². The van der Waals surface area contributed by atoms with Crippen molar-refractivity contribution in [3.63, 3.8) is 0 Å². The lowest BCUT2D eigenvalue weighted by Crippen LogP contribution is -2.09. The zero-order chi connectivity index (χ0) is 14.7. The van der Waals surface area contributed by atoms with Gasteiger partial charge in [-0.3, -0.25) is 9.36 Å². The largest absolute Gasteiger partial charge is 0.388 e. The van der Waals surface area contributed by atoms with E-state index >= 15 is 0 Å². The van der Waals surface area contributed by atoms with Gasteiger partial charge in [0.15, 0.2) is 0 Å². The second-order valence-electron chi connectivity index (χ2n) is 5.09. The number of anilines is 1. The Labute approximate surface area is 119 Å². The molecule has 3 N–H and O–H groups in total. The molecular weight excluding hydrogens is 254 g/mol. The Morgan fingerprint density at radius 1 is 1.35 bits per heavy atom. The molecule has 20 heavy (non-hydrogen) atoms. The molecule has 1 atom stereocenters. The standard InChI is InChI=1S/C14H23N5O/c1-4-11(5-2)19-7-6-10(17-19)8-13(20)12-9-16-18(3)14(12)15/h6-7,9,11,13,20H,4-5,8,15H2,1-3H3. The Kier molecular flexibility index (Phi) is 4.44. The summed E-state index contributed by atoms with van der Waals surface area (Å²) in [6.07, 6.45) is 5.47. The number of aromatic nitrogens is 4. The molecule has 110 valence electrons. The smallest absolute Gasteiger partial charge is 0.127 e. The Morgan fingerprint density at radius 3 is 2.60 bits per heavy atom. The van der Waals surface area contributed by atoms with Crippen molar-refractivity contribution in [2.24, 2.45) is 7.05 Å². The van der Waals surface area contributed by atoms with E-state index in [9.17, 15) is 5.11 Å². The van der Waals surface area contributed by atoms with Gasteiger partial charge in [0.2, 0.25) is 0 Å². The van der Waals surface area contributed by atoms with E-state index in [0.29, 0.717) is 23.8 Å². The van der Waals surface area contributed by atoms with Crippen molar-refractivity contribution in [1.29, 1.82) is 0 Å². The molecule has 0 spiro atoms. The molecular formula is C14H23N5O. The van der Waals surface area contributed by atoms with Gasteiger partial charge < -0.3 is 10.8 Å². The SMILES string of the molecule is CCC(CC)n1ccc(CC(O)c2cnn(C)c2N)n1. The van der Waals surface area contributed by atoms with E-state index in [0.717, 1.165) is 18.5 Å². The minimum atomic E-state index is -0.672. The average Bonchev–Trinajstić information content (AvgIpc) is 3.00. The van der Waals surface area contributed by atoms with Gasteiger partial charge in [-0.15, -0.1) is 0 Å². The lowest BCUT2D eigenvalue weighted by Gasteiger charge is -2.13. The maximum Gasteiger partial charge on any atom is 0.127 e. The van der Waals surface area contributed by atoms with Crippen LogP contribution in [0.4, 0.5) is 5.82 Å². The lowest BCUT2D eigenvalue weighted by molar-refractivity contribution is 0.177. The highest BCUT2D eigenvalue weighted by Gasteiger charge is 2.17. The van der Waals surface area contributed by atoms with Gasteiger partial charge in [0.05, 0.1) is 24.0 Å². The maximum absolute atomic E-state index is 10.2. The highest BCUT2D eigenvalue weighted by Crippen LogP contribution is 2.23. The van der Waals surface area contributed by atoms with Crippen LogP contribution >= 0.6 is 0 Å². The van der Waals surface area contributed by atoms with Crippen LogP contribution in [-0.4, -0.2) is 24.7 Å². The molecule has 0 aliphatic heterocycles. The molecule has 0 fully saturated rings. The Morgan fingerprint density at radius 2 is 2.05 bits per heavy atom. The average molecular weight is 277 g/mol. The van der Waals surface area contributed by atoms with E-state index in [-0.39, 0.29) is 0 Å². The third-order valence-corrected chi connectivity index (χ3v) is 3.76. The zero-order valence-electron chi connectivity index (χ0n) is 12.3. The number of rotatable bonds is 6. The number of nitrogens with two attached hydrogens (primary N) is 1. The first-order chi connectivity index (χ1) is 9.56. The molecule has 2 aromatic heterocycles. The molecule has 1 unspecified atom stereocenters. The normalized spacial score (nSPS) is 13.1. The summed E-state index contributed by atoms with van der Waals surface area (Å²) in [5.74, 6) is 0.497. The highest BCUT2D eigenvalue weighted by atomic mass is 16.3. The molecule has 2 aromatic rings. The number of aliphatic hydroxyl groups is 1. The van der Waals surface area contributed by atoms with Gasteiger partial charge in [0.1, 0.15) is 5.82 Å². The van der Waals surface area contributed by atoms with Crippen LogP contribution in [-0.2, 0) is 13.5 Å². The minimum Gasteiger partial charge on any atom is -0.388 e. The third-order valence-electron chi connectivity index (χ3n) is 3.76. The van der Waals surface area contributed by atoms with Crippen molar-refractivity contribution in [3.05, 3.63) is 29.7 Å². The second kappa shape index (κ2) is 6.09. The summed E-state index contributed by atoms with van der Waals surface area (Å²) in [4.78, 5) is 0. The lowest BCUT2D eigenvalue weighted by atomic mass is 10.1. The van der Waals surface area contributed by atoms with Gasteiger partial charge in [-0.2, -0.15) is 10.2 Å². The summed E-state index contributed by atoms with van der Waals surface area (Å²) < 4.78 is 3.54. The summed E-state index contributed by atoms with van der Waals surface area (Å²) in [7, 11) is 1.76. The maximum atomic E-state index is 10.2. The molecule has 0 aliphatic carbocycles. The molecule has 0 saturated heterocycles. The van der Waals surface area contributed by atoms with E-state index in [2.05, 4.69) is 24.0 Å². The monoisotopic (exact) mass is 277 g/mol. The van der Waals surface area contributed by atoms with Crippen molar-refractivity contribution in [3.8, 4) is 0 Å². The van der Waals surface area contributed by atoms with Gasteiger partial charge in [-0.05, 0) is 18.9 Å². The first-order valence-electron chi connectivity index (χ1n) is 7.06. The van der Waals surface area contributed by atoms with Gasteiger partial charge in [-0.1, -0.05) is 13.8 Å². The fourth-order valence-corrected chi connectivity index (χ4v) is 2.38. The Hall–Kier alpha value is -1.82. The molecule has 0 saturated carbocycles. The van der Waals surface area contributed by atoms with E-state index in [1.807, 2.05) is 16.9 Å². The van der Waals surface area contributed by atoms with Crippen LogP contribution in [0.2, 0.25) is 0 Å². The Bertz CT molecular complexity index is 556. The van der Waals surface area contributed by atoms with Crippen LogP contribution in [0.3, 0.4) is 0 Å². The molecule has 2 rings (SSSR count). The van der Waals surface area contributed by atoms with Crippen LogP contribution < -0.4 is 5.73 Å². The molecule has 0 aromatic carbocycles. The number of nitrogens with zero attached hydrogens (tertiary/aromatic N) is 4. The van der Waals surface area contributed by atoms with E-state index in [1.54, 1.807) is 17.9 Å². The van der Waals surface area contributed by atoms with E-state index in [4.69, 9.17) is 5.73 Å². The minimum absolute atomic E-state index is 0.421. The second-order valence-corrected chi connectivity index (χ2v) is 5.09. The van der Waals surface area contributed by atoms with Gasteiger partial charge in [-0.25, -0.2) is 0 Å². The van der Waals surface area contributed by atoms with Crippen LogP contribution in [0.15, 0.2) is 18.5 Å². The van der Waals surface area contributed by atoms with Crippen molar-refractivity contribution in [1.82, 2.24) is 19.6 Å². The van der Waals surface area contributed by atoms with Crippen molar-refractivity contribution >= 4 is 5.82 Å². The van der Waals surface area contributed by atoms with Gasteiger partial charge in [0, 0.05) is 25.2 Å². The topological polar surface area (TPSA) is 81.9 Å². The summed E-state index contributed by atoms with van der Waals surface area (Å²) in [5, 5.41) is 18.8. The summed E-state index contributed by atoms with van der Waals surface area (Å²) in [6.45, 7) is 4.31. The van der Waals surface area contributed by atoms with Crippen LogP contribution in [0.25, 0.3) is 0 Å². The summed E-state index contributed by atoms with van der Waals surface area (Å²) in [5.41, 5.74) is 7.39. The molecule has 0 radical (unpaired) electrons. The molecule has 0 aliphatic rings. The van der Waals surface area contributed by atoms with Gasteiger partial charge >= 0.3 is 0 Å². The molecule has 0 bridgehead atoms. The molecule has 2 heterocycles. The fraction of sp³-hybridized carbons (Fsp3) is 0.571. The first-order valence-corrected chi connectivity index (χ1v) is 7.06. The number of hydrogen-bond donors (Lipinski definition) is 2. The van der Waals surface area contributed by atoms with E-state index in [1.165, 1.54) is 0 Å². The highest BCUT2D eigenvalue weighted by molar-refractivity contribution is 5.40. The number of hydrogen-bond acceptors (Lipinski definition) is 4. The molecule has 6 nitrogen and oxygen atoms in total. The Balaban J connectivity index is 2.08.